The third kappa shape index (κ3) is 5.73. The first kappa shape index (κ1) is 13.5. The fourth-order valence-corrected chi connectivity index (χ4v) is 1.21. The van der Waals surface area contributed by atoms with Gasteiger partial charge in [-0.1, -0.05) is 12.7 Å². The van der Waals surface area contributed by atoms with Crippen LogP contribution in [0.5, 0.6) is 0 Å². The zero-order chi connectivity index (χ0) is 11.5. The summed E-state index contributed by atoms with van der Waals surface area (Å²) in [6, 6.07) is 0. The summed E-state index contributed by atoms with van der Waals surface area (Å²) in [7, 11) is 1.77. The van der Waals surface area contributed by atoms with E-state index < -0.39 is 0 Å². The molecule has 0 spiro atoms. The molecule has 3 nitrogen and oxygen atoms in total. The molecule has 0 aliphatic heterocycles. The van der Waals surface area contributed by atoms with Crippen LogP contribution in [0.4, 0.5) is 0 Å². The van der Waals surface area contributed by atoms with Crippen LogP contribution in [0.2, 0.25) is 0 Å². The second-order valence-electron chi connectivity index (χ2n) is 2.85. The van der Waals surface area contributed by atoms with E-state index in [1.807, 2.05) is 24.3 Å². The van der Waals surface area contributed by atoms with E-state index in [0.717, 1.165) is 18.8 Å². The van der Waals surface area contributed by atoms with Crippen molar-refractivity contribution in [1.82, 2.24) is 10.3 Å². The number of rotatable bonds is 7. The van der Waals surface area contributed by atoms with Crippen molar-refractivity contribution in [3.8, 4) is 0 Å². The second-order valence-corrected chi connectivity index (χ2v) is 2.85. The van der Waals surface area contributed by atoms with E-state index in [1.54, 1.807) is 13.3 Å². The number of hydrogen-bond acceptors (Lipinski definition) is 3. The van der Waals surface area contributed by atoms with Gasteiger partial charge < -0.3 is 10.3 Å². The van der Waals surface area contributed by atoms with Gasteiger partial charge in [0, 0.05) is 32.0 Å². The molecule has 0 atom stereocenters. The summed E-state index contributed by atoms with van der Waals surface area (Å²) in [5.74, 6) is 0. The third-order valence-corrected chi connectivity index (χ3v) is 2.01. The van der Waals surface area contributed by atoms with Crippen molar-refractivity contribution in [3.63, 3.8) is 0 Å². The largest absolute Gasteiger partial charge is 0.372 e. The number of nitrogens with one attached hydrogen (secondary N) is 1. The molecule has 0 aliphatic rings. The molecule has 0 aromatic heterocycles. The molecule has 0 fully saturated rings. The van der Waals surface area contributed by atoms with Gasteiger partial charge in [-0.2, -0.15) is 5.10 Å². The van der Waals surface area contributed by atoms with Crippen molar-refractivity contribution < 1.29 is 0 Å². The Bertz CT molecular complexity index is 248. The van der Waals surface area contributed by atoms with Crippen LogP contribution in [0.1, 0.15) is 13.8 Å². The van der Waals surface area contributed by atoms with Crippen LogP contribution in [-0.4, -0.2) is 31.3 Å². The summed E-state index contributed by atoms with van der Waals surface area (Å²) in [6.45, 7) is 10.1. The normalized spacial score (nSPS) is 12.3. The van der Waals surface area contributed by atoms with Gasteiger partial charge >= 0.3 is 0 Å². The molecule has 0 saturated carbocycles. The highest BCUT2D eigenvalue weighted by Gasteiger charge is 1.98. The number of allylic oxidation sites excluding steroid dienone is 4. The Kier molecular flexibility index (Phi) is 8.15. The molecular weight excluding hydrogens is 186 g/mol. The van der Waals surface area contributed by atoms with E-state index in [4.69, 9.17) is 0 Å². The maximum Gasteiger partial charge on any atom is 0.0467 e. The van der Waals surface area contributed by atoms with Gasteiger partial charge in [-0.15, -0.1) is 0 Å². The minimum Gasteiger partial charge on any atom is -0.372 e. The summed E-state index contributed by atoms with van der Waals surface area (Å²) in [6.07, 6.45) is 9.44. The van der Waals surface area contributed by atoms with Crippen LogP contribution in [0, 0.1) is 0 Å². The summed E-state index contributed by atoms with van der Waals surface area (Å²) in [5, 5.41) is 3.85. The Morgan fingerprint density at radius 3 is 2.47 bits per heavy atom. The third-order valence-electron chi connectivity index (χ3n) is 2.01. The lowest BCUT2D eigenvalue weighted by molar-refractivity contribution is 0.395. The molecule has 0 aliphatic carbocycles. The zero-order valence-corrected chi connectivity index (χ0v) is 9.90. The molecular formula is C12H21N3. The summed E-state index contributed by atoms with van der Waals surface area (Å²) >= 11 is 0. The van der Waals surface area contributed by atoms with Gasteiger partial charge in [-0.05, 0) is 32.1 Å². The van der Waals surface area contributed by atoms with Crippen LogP contribution in [0.3, 0.4) is 0 Å². The van der Waals surface area contributed by atoms with Gasteiger partial charge in [0.1, 0.15) is 0 Å². The molecule has 0 unspecified atom stereocenters. The highest BCUT2D eigenvalue weighted by atomic mass is 15.3. The standard InChI is InChI=1S/C12H21N3/c1-5-12(15(6-2)7-3)10-8-9-11-14-13-4/h5,8-11,13H,1,6-7H2,2-4H3/b9-8+,12-10+,14-11+. The molecule has 15 heavy (non-hydrogen) atoms. The fraction of sp³-hybridized carbons (Fsp3) is 0.417. The Balaban J connectivity index is 4.38. The van der Waals surface area contributed by atoms with E-state index in [1.165, 1.54) is 0 Å². The molecule has 0 saturated heterocycles. The predicted octanol–water partition coefficient (Wildman–Crippen LogP) is 2.16. The Morgan fingerprint density at radius 2 is 2.00 bits per heavy atom. The summed E-state index contributed by atoms with van der Waals surface area (Å²) < 4.78 is 0. The molecule has 84 valence electrons. The minimum absolute atomic E-state index is 0.993. The number of nitrogens with zero attached hydrogens (tertiary/aromatic N) is 2. The molecule has 0 bridgehead atoms. The second kappa shape index (κ2) is 9.06. The van der Waals surface area contributed by atoms with E-state index in [-0.39, 0.29) is 0 Å². The lowest BCUT2D eigenvalue weighted by atomic mass is 10.3. The predicted molar refractivity (Wildman–Crippen MR) is 67.9 cm³/mol. The van der Waals surface area contributed by atoms with Gasteiger partial charge in [0.25, 0.3) is 0 Å². The van der Waals surface area contributed by atoms with E-state index in [9.17, 15) is 0 Å². The van der Waals surface area contributed by atoms with Gasteiger partial charge in [-0.25, -0.2) is 0 Å². The summed E-state index contributed by atoms with van der Waals surface area (Å²) in [5.41, 5.74) is 3.82. The quantitative estimate of drug-likeness (QED) is 0.393. The van der Waals surface area contributed by atoms with Crippen LogP contribution in [0.25, 0.3) is 0 Å². The molecule has 3 heteroatoms. The SMILES string of the molecule is C=C\C(=C/C=C/C=N/NC)N(CC)CC. The van der Waals surface area contributed by atoms with E-state index in [2.05, 4.69) is 35.9 Å². The lowest BCUT2D eigenvalue weighted by Crippen LogP contribution is -2.20. The Hall–Kier alpha value is -1.51. The van der Waals surface area contributed by atoms with Crippen molar-refractivity contribution in [2.45, 2.75) is 13.8 Å². The monoisotopic (exact) mass is 207 g/mol. The smallest absolute Gasteiger partial charge is 0.0467 e. The van der Waals surface area contributed by atoms with E-state index >= 15 is 0 Å². The first-order chi connectivity index (χ1) is 7.29. The number of hydrogen-bond donors (Lipinski definition) is 1. The summed E-state index contributed by atoms with van der Waals surface area (Å²) in [4.78, 5) is 2.24. The number of likely N-dealkylation sites (N-methyl/N-ethyl adjacent to an activating group) is 1. The molecule has 0 aromatic carbocycles. The van der Waals surface area contributed by atoms with Crippen LogP contribution in [0.15, 0.2) is 41.7 Å². The van der Waals surface area contributed by atoms with Crippen molar-refractivity contribution in [3.05, 3.63) is 36.6 Å². The zero-order valence-electron chi connectivity index (χ0n) is 9.90. The topological polar surface area (TPSA) is 27.6 Å². The van der Waals surface area contributed by atoms with Crippen molar-refractivity contribution in [2.75, 3.05) is 20.1 Å². The average Bonchev–Trinajstić information content (AvgIpc) is 2.27. The molecule has 0 aromatic rings. The highest BCUT2D eigenvalue weighted by molar-refractivity contribution is 5.71. The lowest BCUT2D eigenvalue weighted by Gasteiger charge is -2.21. The fourth-order valence-electron chi connectivity index (χ4n) is 1.21. The first-order valence-corrected chi connectivity index (χ1v) is 5.24. The maximum atomic E-state index is 3.85. The van der Waals surface area contributed by atoms with Crippen molar-refractivity contribution in [1.29, 1.82) is 0 Å². The van der Waals surface area contributed by atoms with Crippen molar-refractivity contribution in [2.24, 2.45) is 5.10 Å². The van der Waals surface area contributed by atoms with Gasteiger partial charge in [0.05, 0.1) is 0 Å². The van der Waals surface area contributed by atoms with Crippen molar-refractivity contribution >= 4 is 6.21 Å². The van der Waals surface area contributed by atoms with Gasteiger partial charge in [0.2, 0.25) is 0 Å². The highest BCUT2D eigenvalue weighted by Crippen LogP contribution is 2.04. The Labute approximate surface area is 92.9 Å². The maximum absolute atomic E-state index is 3.85. The van der Waals surface area contributed by atoms with Crippen LogP contribution in [-0.2, 0) is 0 Å². The number of hydrazone groups is 1. The van der Waals surface area contributed by atoms with Gasteiger partial charge in [-0.3, -0.25) is 0 Å². The molecule has 0 rings (SSSR count). The molecule has 0 radical (unpaired) electrons. The minimum atomic E-state index is 0.993. The average molecular weight is 207 g/mol. The van der Waals surface area contributed by atoms with Crippen LogP contribution < -0.4 is 5.43 Å². The first-order valence-electron chi connectivity index (χ1n) is 5.24. The molecule has 0 amide bonds. The van der Waals surface area contributed by atoms with E-state index in [0.29, 0.717) is 0 Å². The molecule has 0 heterocycles. The molecule has 1 N–H and O–H groups in total. The van der Waals surface area contributed by atoms with Crippen LogP contribution >= 0.6 is 0 Å². The Morgan fingerprint density at radius 1 is 1.33 bits per heavy atom. The van der Waals surface area contributed by atoms with Gasteiger partial charge in [0.15, 0.2) is 0 Å².